The summed E-state index contributed by atoms with van der Waals surface area (Å²) in [6.45, 7) is 2.47. The minimum absolute atomic E-state index is 0.102. The highest BCUT2D eigenvalue weighted by atomic mass is 16.5. The third kappa shape index (κ3) is 3.86. The third-order valence-corrected chi connectivity index (χ3v) is 2.88. The summed E-state index contributed by atoms with van der Waals surface area (Å²) >= 11 is 0. The van der Waals surface area contributed by atoms with Gasteiger partial charge in [-0.2, -0.15) is 5.26 Å². The van der Waals surface area contributed by atoms with Gasteiger partial charge in [0.1, 0.15) is 18.0 Å². The molecule has 5 nitrogen and oxygen atoms in total. The van der Waals surface area contributed by atoms with E-state index in [0.29, 0.717) is 29.4 Å². The molecule has 0 saturated heterocycles. The fourth-order valence-electron chi connectivity index (χ4n) is 1.85. The average Bonchev–Trinajstić information content (AvgIpc) is 2.53. The maximum absolute atomic E-state index is 9.01. The first-order valence-corrected chi connectivity index (χ1v) is 6.63. The second kappa shape index (κ2) is 7.15. The summed E-state index contributed by atoms with van der Waals surface area (Å²) in [5.74, 6) is 1.95. The van der Waals surface area contributed by atoms with Gasteiger partial charge < -0.3 is 14.8 Å². The molecule has 0 aliphatic carbocycles. The summed E-state index contributed by atoms with van der Waals surface area (Å²) < 4.78 is 11.1. The number of aromatic nitrogens is 1. The second-order valence-electron chi connectivity index (χ2n) is 4.47. The Balaban J connectivity index is 1.96. The van der Waals surface area contributed by atoms with Crippen molar-refractivity contribution in [3.8, 4) is 17.6 Å². The molecule has 0 aliphatic rings. The number of nitrogens with zero attached hydrogens (tertiary/aromatic N) is 2. The van der Waals surface area contributed by atoms with Gasteiger partial charge in [0.15, 0.2) is 11.5 Å². The first kappa shape index (κ1) is 14.7. The molecule has 0 amide bonds. The number of benzene rings is 1. The van der Waals surface area contributed by atoms with Crippen molar-refractivity contribution >= 4 is 5.82 Å². The van der Waals surface area contributed by atoms with Gasteiger partial charge in [-0.15, -0.1) is 0 Å². The molecule has 2 rings (SSSR count). The van der Waals surface area contributed by atoms with Crippen LogP contribution in [0.1, 0.15) is 12.5 Å². The molecule has 0 fully saturated rings. The molecule has 0 radical (unpaired) electrons. The first-order chi connectivity index (χ1) is 10.2. The highest BCUT2D eigenvalue weighted by molar-refractivity contribution is 5.51. The third-order valence-electron chi connectivity index (χ3n) is 2.88. The summed E-state index contributed by atoms with van der Waals surface area (Å²) in [5, 5.41) is 12.1. The standard InChI is InChI=1S/C16H17N3O2/c1-12(21-15-8-4-3-7-14(15)20-2)11-19-16-13(10-17)6-5-9-18-16/h3-9,12H,11H2,1-2H3,(H,18,19). The number of methoxy groups -OCH3 is 1. The van der Waals surface area contributed by atoms with Crippen molar-refractivity contribution in [3.63, 3.8) is 0 Å². The van der Waals surface area contributed by atoms with Gasteiger partial charge in [-0.05, 0) is 31.2 Å². The molecule has 2 aromatic rings. The Hall–Kier alpha value is -2.74. The molecular formula is C16H17N3O2. The van der Waals surface area contributed by atoms with Crippen LogP contribution in [0.5, 0.6) is 11.5 Å². The van der Waals surface area contributed by atoms with Gasteiger partial charge >= 0.3 is 0 Å². The molecule has 0 aliphatic heterocycles. The van der Waals surface area contributed by atoms with E-state index < -0.39 is 0 Å². The predicted molar refractivity (Wildman–Crippen MR) is 80.5 cm³/mol. The maximum atomic E-state index is 9.01. The lowest BCUT2D eigenvalue weighted by Crippen LogP contribution is -2.23. The Bertz CT molecular complexity index is 637. The quantitative estimate of drug-likeness (QED) is 0.883. The van der Waals surface area contributed by atoms with Crippen molar-refractivity contribution in [3.05, 3.63) is 48.2 Å². The van der Waals surface area contributed by atoms with E-state index in [4.69, 9.17) is 14.7 Å². The van der Waals surface area contributed by atoms with E-state index in [9.17, 15) is 0 Å². The molecule has 5 heteroatoms. The molecule has 0 saturated carbocycles. The van der Waals surface area contributed by atoms with Crippen LogP contribution >= 0.6 is 0 Å². The lowest BCUT2D eigenvalue weighted by atomic mass is 10.2. The average molecular weight is 283 g/mol. The SMILES string of the molecule is COc1ccccc1OC(C)CNc1ncccc1C#N. The molecule has 21 heavy (non-hydrogen) atoms. The first-order valence-electron chi connectivity index (χ1n) is 6.63. The van der Waals surface area contributed by atoms with Crippen LogP contribution in [0.25, 0.3) is 0 Å². The molecule has 1 aromatic carbocycles. The van der Waals surface area contributed by atoms with Crippen molar-refractivity contribution in [1.29, 1.82) is 5.26 Å². The van der Waals surface area contributed by atoms with Crippen molar-refractivity contribution in [2.45, 2.75) is 13.0 Å². The topological polar surface area (TPSA) is 67.2 Å². The largest absolute Gasteiger partial charge is 0.493 e. The van der Waals surface area contributed by atoms with Gasteiger partial charge in [0, 0.05) is 6.20 Å². The number of nitriles is 1. The smallest absolute Gasteiger partial charge is 0.161 e. The lowest BCUT2D eigenvalue weighted by molar-refractivity contribution is 0.223. The highest BCUT2D eigenvalue weighted by Gasteiger charge is 2.09. The molecule has 1 heterocycles. The zero-order valence-electron chi connectivity index (χ0n) is 12.0. The molecule has 108 valence electrons. The Morgan fingerprint density at radius 3 is 2.71 bits per heavy atom. The summed E-state index contributed by atoms with van der Waals surface area (Å²) in [6.07, 6.45) is 1.55. The van der Waals surface area contributed by atoms with Crippen LogP contribution < -0.4 is 14.8 Å². The summed E-state index contributed by atoms with van der Waals surface area (Å²) in [6, 6.07) is 13.1. The van der Waals surface area contributed by atoms with E-state index in [1.165, 1.54) is 0 Å². The van der Waals surface area contributed by atoms with Crippen molar-refractivity contribution < 1.29 is 9.47 Å². The molecule has 1 aromatic heterocycles. The minimum atomic E-state index is -0.102. The van der Waals surface area contributed by atoms with Gasteiger partial charge in [0.2, 0.25) is 0 Å². The van der Waals surface area contributed by atoms with Crippen LogP contribution in [0.4, 0.5) is 5.82 Å². The monoisotopic (exact) mass is 283 g/mol. The Morgan fingerprint density at radius 2 is 2.00 bits per heavy atom. The van der Waals surface area contributed by atoms with Crippen LogP contribution in [0, 0.1) is 11.3 Å². The number of nitrogens with one attached hydrogen (secondary N) is 1. The number of hydrogen-bond acceptors (Lipinski definition) is 5. The van der Waals surface area contributed by atoms with Crippen LogP contribution in [0.2, 0.25) is 0 Å². The molecule has 1 atom stereocenters. The zero-order chi connectivity index (χ0) is 15.1. The van der Waals surface area contributed by atoms with E-state index in [2.05, 4.69) is 16.4 Å². The van der Waals surface area contributed by atoms with Gasteiger partial charge in [-0.1, -0.05) is 12.1 Å². The number of pyridine rings is 1. The number of hydrogen-bond donors (Lipinski definition) is 1. The normalized spacial score (nSPS) is 11.3. The Kier molecular flexibility index (Phi) is 4.99. The molecule has 0 spiro atoms. The summed E-state index contributed by atoms with van der Waals surface area (Å²) in [7, 11) is 1.61. The van der Waals surface area contributed by atoms with E-state index in [-0.39, 0.29) is 6.10 Å². The van der Waals surface area contributed by atoms with E-state index in [1.807, 2.05) is 31.2 Å². The maximum Gasteiger partial charge on any atom is 0.161 e. The Morgan fingerprint density at radius 1 is 1.24 bits per heavy atom. The lowest BCUT2D eigenvalue weighted by Gasteiger charge is -2.17. The van der Waals surface area contributed by atoms with Crippen LogP contribution in [-0.4, -0.2) is 24.7 Å². The fraction of sp³-hybridized carbons (Fsp3) is 0.250. The van der Waals surface area contributed by atoms with Gasteiger partial charge in [-0.3, -0.25) is 0 Å². The molecule has 1 N–H and O–H groups in total. The van der Waals surface area contributed by atoms with Gasteiger partial charge in [-0.25, -0.2) is 4.98 Å². The molecule has 1 unspecified atom stereocenters. The van der Waals surface area contributed by atoms with Crippen LogP contribution in [0.15, 0.2) is 42.6 Å². The van der Waals surface area contributed by atoms with E-state index in [1.54, 1.807) is 25.4 Å². The number of ether oxygens (including phenoxy) is 2. The minimum Gasteiger partial charge on any atom is -0.493 e. The van der Waals surface area contributed by atoms with Crippen molar-refractivity contribution in [2.24, 2.45) is 0 Å². The van der Waals surface area contributed by atoms with Crippen molar-refractivity contribution in [2.75, 3.05) is 19.0 Å². The van der Waals surface area contributed by atoms with E-state index in [0.717, 1.165) is 0 Å². The van der Waals surface area contributed by atoms with Gasteiger partial charge in [0.25, 0.3) is 0 Å². The summed E-state index contributed by atoms with van der Waals surface area (Å²) in [4.78, 5) is 4.15. The highest BCUT2D eigenvalue weighted by Crippen LogP contribution is 2.26. The molecular weight excluding hydrogens is 266 g/mol. The van der Waals surface area contributed by atoms with Crippen LogP contribution in [-0.2, 0) is 0 Å². The fourth-order valence-corrected chi connectivity index (χ4v) is 1.85. The van der Waals surface area contributed by atoms with Gasteiger partial charge in [0.05, 0.1) is 19.2 Å². The predicted octanol–water partition coefficient (Wildman–Crippen LogP) is 2.84. The number of para-hydroxylation sites is 2. The number of anilines is 1. The second-order valence-corrected chi connectivity index (χ2v) is 4.47. The van der Waals surface area contributed by atoms with Crippen LogP contribution in [0.3, 0.4) is 0 Å². The zero-order valence-corrected chi connectivity index (χ0v) is 12.0. The number of rotatable bonds is 6. The van der Waals surface area contributed by atoms with E-state index >= 15 is 0 Å². The summed E-state index contributed by atoms with van der Waals surface area (Å²) in [5.41, 5.74) is 0.516. The Labute approximate surface area is 124 Å². The van der Waals surface area contributed by atoms with Crippen molar-refractivity contribution in [1.82, 2.24) is 4.98 Å². The molecule has 0 bridgehead atoms.